The van der Waals surface area contributed by atoms with Crippen LogP contribution in [0.4, 0.5) is 10.1 Å². The van der Waals surface area contributed by atoms with E-state index in [4.69, 9.17) is 0 Å². The standard InChI is InChI=1S/C20H21FN2O2/c1-2-14-7-3-4-10-17(14)22-19(24)18-11-6-12-23(18)20(25)15-8-5-9-16(21)13-15/h3-5,7-10,13,18H,2,6,11-12H2,1H3,(H,22,24)/t18-/m1/s1. The maximum absolute atomic E-state index is 13.4. The first kappa shape index (κ1) is 17.1. The van der Waals surface area contributed by atoms with E-state index in [1.807, 2.05) is 31.2 Å². The predicted molar refractivity (Wildman–Crippen MR) is 94.9 cm³/mol. The molecule has 0 aliphatic carbocycles. The summed E-state index contributed by atoms with van der Waals surface area (Å²) in [6, 6.07) is 12.7. The summed E-state index contributed by atoms with van der Waals surface area (Å²) >= 11 is 0. The van der Waals surface area contributed by atoms with Gasteiger partial charge in [-0.05, 0) is 49.1 Å². The van der Waals surface area contributed by atoms with Gasteiger partial charge in [-0.3, -0.25) is 9.59 Å². The number of hydrogen-bond donors (Lipinski definition) is 1. The number of amides is 2. The number of hydrogen-bond acceptors (Lipinski definition) is 2. The topological polar surface area (TPSA) is 49.4 Å². The van der Waals surface area contributed by atoms with Crippen molar-refractivity contribution in [1.82, 2.24) is 4.90 Å². The summed E-state index contributed by atoms with van der Waals surface area (Å²) in [5.74, 6) is -0.952. The third-order valence-electron chi connectivity index (χ3n) is 4.54. The number of carbonyl (C=O) groups is 2. The van der Waals surface area contributed by atoms with Crippen molar-refractivity contribution in [2.45, 2.75) is 32.2 Å². The Labute approximate surface area is 146 Å². The molecule has 0 aromatic heterocycles. The Hall–Kier alpha value is -2.69. The highest BCUT2D eigenvalue weighted by atomic mass is 19.1. The molecule has 1 aliphatic heterocycles. The van der Waals surface area contributed by atoms with Crippen LogP contribution in [0.3, 0.4) is 0 Å². The van der Waals surface area contributed by atoms with Crippen LogP contribution in [0.5, 0.6) is 0 Å². The molecule has 0 saturated carbocycles. The first-order chi connectivity index (χ1) is 12.1. The molecule has 1 atom stereocenters. The minimum absolute atomic E-state index is 0.192. The van der Waals surface area contributed by atoms with Crippen molar-refractivity contribution in [3.8, 4) is 0 Å². The number of carbonyl (C=O) groups excluding carboxylic acids is 2. The molecular formula is C20H21FN2O2. The summed E-state index contributed by atoms with van der Waals surface area (Å²) in [5.41, 5.74) is 2.10. The Morgan fingerprint density at radius 3 is 2.76 bits per heavy atom. The van der Waals surface area contributed by atoms with E-state index < -0.39 is 11.9 Å². The van der Waals surface area contributed by atoms with Gasteiger partial charge in [0.25, 0.3) is 5.91 Å². The second kappa shape index (κ2) is 7.47. The molecule has 1 heterocycles. The van der Waals surface area contributed by atoms with Gasteiger partial charge in [0.05, 0.1) is 0 Å². The number of halogens is 1. The summed E-state index contributed by atoms with van der Waals surface area (Å²) < 4.78 is 13.4. The second-order valence-electron chi connectivity index (χ2n) is 6.17. The molecule has 0 bridgehead atoms. The molecule has 1 aliphatic rings. The third-order valence-corrected chi connectivity index (χ3v) is 4.54. The van der Waals surface area contributed by atoms with Gasteiger partial charge in [-0.2, -0.15) is 0 Å². The van der Waals surface area contributed by atoms with Crippen molar-refractivity contribution in [3.63, 3.8) is 0 Å². The fourth-order valence-electron chi connectivity index (χ4n) is 3.24. The van der Waals surface area contributed by atoms with Crippen molar-refractivity contribution < 1.29 is 14.0 Å². The maximum atomic E-state index is 13.4. The van der Waals surface area contributed by atoms with E-state index in [0.717, 1.165) is 24.1 Å². The molecule has 130 valence electrons. The second-order valence-corrected chi connectivity index (χ2v) is 6.17. The Morgan fingerprint density at radius 2 is 2.00 bits per heavy atom. The zero-order chi connectivity index (χ0) is 17.8. The average molecular weight is 340 g/mol. The van der Waals surface area contributed by atoms with E-state index in [2.05, 4.69) is 5.32 Å². The molecule has 0 spiro atoms. The highest BCUT2D eigenvalue weighted by molar-refractivity contribution is 6.01. The van der Waals surface area contributed by atoms with Gasteiger partial charge in [-0.15, -0.1) is 0 Å². The van der Waals surface area contributed by atoms with Gasteiger partial charge in [-0.1, -0.05) is 31.2 Å². The highest BCUT2D eigenvalue weighted by Gasteiger charge is 2.34. The van der Waals surface area contributed by atoms with Gasteiger partial charge in [0.1, 0.15) is 11.9 Å². The van der Waals surface area contributed by atoms with Gasteiger partial charge in [0, 0.05) is 17.8 Å². The van der Waals surface area contributed by atoms with Gasteiger partial charge >= 0.3 is 0 Å². The minimum Gasteiger partial charge on any atom is -0.327 e. The fraction of sp³-hybridized carbons (Fsp3) is 0.300. The molecule has 3 rings (SSSR count). The Balaban J connectivity index is 1.77. The van der Waals surface area contributed by atoms with Crippen molar-refractivity contribution in [2.75, 3.05) is 11.9 Å². The van der Waals surface area contributed by atoms with Crippen LogP contribution in [-0.4, -0.2) is 29.3 Å². The number of rotatable bonds is 4. The van der Waals surface area contributed by atoms with E-state index in [1.165, 1.54) is 18.2 Å². The largest absolute Gasteiger partial charge is 0.327 e. The average Bonchev–Trinajstić information content (AvgIpc) is 3.11. The molecule has 25 heavy (non-hydrogen) atoms. The summed E-state index contributed by atoms with van der Waals surface area (Å²) in [4.78, 5) is 26.9. The summed E-state index contributed by atoms with van der Waals surface area (Å²) in [7, 11) is 0. The molecule has 0 radical (unpaired) electrons. The fourth-order valence-corrected chi connectivity index (χ4v) is 3.24. The Bertz CT molecular complexity index is 791. The quantitative estimate of drug-likeness (QED) is 0.924. The normalized spacial score (nSPS) is 16.7. The smallest absolute Gasteiger partial charge is 0.254 e. The summed E-state index contributed by atoms with van der Waals surface area (Å²) in [6.07, 6.45) is 2.18. The molecule has 5 heteroatoms. The Morgan fingerprint density at radius 1 is 1.20 bits per heavy atom. The van der Waals surface area contributed by atoms with Crippen LogP contribution in [0, 0.1) is 5.82 Å². The van der Waals surface area contributed by atoms with Crippen molar-refractivity contribution in [2.24, 2.45) is 0 Å². The molecule has 2 aromatic carbocycles. The number of anilines is 1. The van der Waals surface area contributed by atoms with Crippen LogP contribution in [0.2, 0.25) is 0 Å². The first-order valence-electron chi connectivity index (χ1n) is 8.55. The number of aryl methyl sites for hydroxylation is 1. The molecule has 1 N–H and O–H groups in total. The lowest BCUT2D eigenvalue weighted by molar-refractivity contribution is -0.119. The Kier molecular flexibility index (Phi) is 5.12. The highest BCUT2D eigenvalue weighted by Crippen LogP contribution is 2.23. The lowest BCUT2D eigenvalue weighted by Crippen LogP contribution is -2.43. The molecule has 4 nitrogen and oxygen atoms in total. The zero-order valence-electron chi connectivity index (χ0n) is 14.2. The third kappa shape index (κ3) is 3.71. The number of likely N-dealkylation sites (tertiary alicyclic amines) is 1. The van der Waals surface area contributed by atoms with Crippen LogP contribution in [-0.2, 0) is 11.2 Å². The van der Waals surface area contributed by atoms with Gasteiger partial charge in [0.15, 0.2) is 0 Å². The van der Waals surface area contributed by atoms with E-state index in [9.17, 15) is 14.0 Å². The van der Waals surface area contributed by atoms with Crippen LogP contribution in [0.15, 0.2) is 48.5 Å². The number of nitrogens with zero attached hydrogens (tertiary/aromatic N) is 1. The van der Waals surface area contributed by atoms with Crippen molar-refractivity contribution >= 4 is 17.5 Å². The molecule has 0 unspecified atom stereocenters. The van der Waals surface area contributed by atoms with Crippen molar-refractivity contribution in [3.05, 3.63) is 65.5 Å². The maximum Gasteiger partial charge on any atom is 0.254 e. The van der Waals surface area contributed by atoms with Crippen LogP contribution >= 0.6 is 0 Å². The summed E-state index contributed by atoms with van der Waals surface area (Å²) in [6.45, 7) is 2.53. The van der Waals surface area contributed by atoms with Crippen LogP contribution in [0.25, 0.3) is 0 Å². The van der Waals surface area contributed by atoms with Crippen LogP contribution < -0.4 is 5.32 Å². The number of benzene rings is 2. The van der Waals surface area contributed by atoms with E-state index in [0.29, 0.717) is 13.0 Å². The van der Waals surface area contributed by atoms with Crippen molar-refractivity contribution in [1.29, 1.82) is 0 Å². The van der Waals surface area contributed by atoms with E-state index >= 15 is 0 Å². The van der Waals surface area contributed by atoms with Crippen LogP contribution in [0.1, 0.15) is 35.7 Å². The molecular weight excluding hydrogens is 319 g/mol. The van der Waals surface area contributed by atoms with E-state index in [-0.39, 0.29) is 17.4 Å². The lowest BCUT2D eigenvalue weighted by atomic mass is 10.1. The predicted octanol–water partition coefficient (Wildman–Crippen LogP) is 3.63. The molecule has 2 aromatic rings. The first-order valence-corrected chi connectivity index (χ1v) is 8.55. The molecule has 1 saturated heterocycles. The van der Waals surface area contributed by atoms with E-state index in [1.54, 1.807) is 11.0 Å². The van der Waals surface area contributed by atoms with Gasteiger partial charge < -0.3 is 10.2 Å². The monoisotopic (exact) mass is 340 g/mol. The molecule has 2 amide bonds. The molecule has 1 fully saturated rings. The zero-order valence-corrected chi connectivity index (χ0v) is 14.2. The summed E-state index contributed by atoms with van der Waals surface area (Å²) in [5, 5.41) is 2.94. The minimum atomic E-state index is -0.527. The van der Waals surface area contributed by atoms with Gasteiger partial charge in [-0.25, -0.2) is 4.39 Å². The lowest BCUT2D eigenvalue weighted by Gasteiger charge is -2.24. The number of para-hydroxylation sites is 1. The van der Waals surface area contributed by atoms with Gasteiger partial charge in [0.2, 0.25) is 5.91 Å². The SMILES string of the molecule is CCc1ccccc1NC(=O)[C@H]1CCCN1C(=O)c1cccc(F)c1. The number of nitrogens with one attached hydrogen (secondary N) is 1.